The van der Waals surface area contributed by atoms with Gasteiger partial charge in [-0.1, -0.05) is 13.8 Å². The van der Waals surface area contributed by atoms with E-state index < -0.39 is 0 Å². The molecule has 0 aromatic carbocycles. The fraction of sp³-hybridized carbons (Fsp3) is 0.714. The summed E-state index contributed by atoms with van der Waals surface area (Å²) in [5.41, 5.74) is 0.511. The highest BCUT2D eigenvalue weighted by Crippen LogP contribution is 2.18. The molecule has 1 aromatic rings. The first-order chi connectivity index (χ1) is 9.44. The Hall–Kier alpha value is -1.14. The molecule has 2 amide bonds. The number of nitrogens with one attached hydrogen (secondary N) is 2. The van der Waals surface area contributed by atoms with E-state index in [1.807, 2.05) is 26.2 Å². The highest BCUT2D eigenvalue weighted by Gasteiger charge is 2.24. The van der Waals surface area contributed by atoms with Crippen LogP contribution < -0.4 is 10.6 Å². The summed E-state index contributed by atoms with van der Waals surface area (Å²) in [4.78, 5) is 16.5. The van der Waals surface area contributed by atoms with E-state index in [0.717, 1.165) is 23.5 Å². The molecule has 0 aliphatic rings. The van der Waals surface area contributed by atoms with Crippen LogP contribution in [-0.2, 0) is 6.42 Å². The van der Waals surface area contributed by atoms with Crippen LogP contribution in [0.3, 0.4) is 0 Å². The Kier molecular flexibility index (Phi) is 6.42. The maximum Gasteiger partial charge on any atom is 0.315 e. The SMILES string of the molecule is CCc1nc(C(C)NC(=O)NC(C)(CC)CCO)cs1. The van der Waals surface area contributed by atoms with E-state index in [1.165, 1.54) is 0 Å². The van der Waals surface area contributed by atoms with Crippen LogP contribution in [0.4, 0.5) is 4.79 Å². The Bertz CT molecular complexity index is 436. The van der Waals surface area contributed by atoms with E-state index in [4.69, 9.17) is 5.11 Å². The van der Waals surface area contributed by atoms with Gasteiger partial charge in [0.15, 0.2) is 0 Å². The van der Waals surface area contributed by atoms with Gasteiger partial charge in [-0.3, -0.25) is 0 Å². The number of aliphatic hydroxyl groups is 1. The number of aliphatic hydroxyl groups excluding tert-OH is 1. The van der Waals surface area contributed by atoms with E-state index in [9.17, 15) is 4.79 Å². The molecule has 0 radical (unpaired) electrons. The fourth-order valence-corrected chi connectivity index (χ4v) is 2.68. The molecular weight excluding hydrogens is 274 g/mol. The van der Waals surface area contributed by atoms with Crippen LogP contribution in [0.15, 0.2) is 5.38 Å². The number of nitrogens with zero attached hydrogens (tertiary/aromatic N) is 1. The monoisotopic (exact) mass is 299 g/mol. The second-order valence-corrected chi connectivity index (χ2v) is 6.17. The molecule has 1 aromatic heterocycles. The molecule has 2 atom stereocenters. The number of hydrogen-bond acceptors (Lipinski definition) is 4. The Morgan fingerprint density at radius 2 is 2.25 bits per heavy atom. The summed E-state index contributed by atoms with van der Waals surface area (Å²) in [6.45, 7) is 7.98. The molecule has 114 valence electrons. The van der Waals surface area contributed by atoms with E-state index >= 15 is 0 Å². The van der Waals surface area contributed by atoms with Gasteiger partial charge in [-0.15, -0.1) is 11.3 Å². The van der Waals surface area contributed by atoms with Crippen LogP contribution in [0.1, 0.15) is 57.3 Å². The van der Waals surface area contributed by atoms with Gasteiger partial charge in [0.1, 0.15) is 0 Å². The number of carbonyl (C=O) groups is 1. The molecule has 2 unspecified atom stereocenters. The summed E-state index contributed by atoms with van der Waals surface area (Å²) in [6, 6.07) is -0.344. The summed E-state index contributed by atoms with van der Waals surface area (Å²) in [5.74, 6) is 0. The van der Waals surface area contributed by atoms with Crippen molar-refractivity contribution < 1.29 is 9.90 Å². The maximum atomic E-state index is 12.0. The number of hydrogen-bond donors (Lipinski definition) is 3. The van der Waals surface area contributed by atoms with Crippen LogP contribution in [0, 0.1) is 0 Å². The van der Waals surface area contributed by atoms with Gasteiger partial charge in [-0.2, -0.15) is 0 Å². The summed E-state index contributed by atoms with van der Waals surface area (Å²) < 4.78 is 0. The van der Waals surface area contributed by atoms with Crippen LogP contribution in [0.2, 0.25) is 0 Å². The van der Waals surface area contributed by atoms with E-state index in [-0.39, 0.29) is 24.2 Å². The van der Waals surface area contributed by atoms with Crippen molar-refractivity contribution in [2.45, 2.75) is 58.5 Å². The van der Waals surface area contributed by atoms with Crippen molar-refractivity contribution >= 4 is 17.4 Å². The number of amides is 2. The smallest absolute Gasteiger partial charge is 0.315 e. The number of thiazole rings is 1. The molecular formula is C14H25N3O2S. The summed E-state index contributed by atoms with van der Waals surface area (Å²) in [5, 5.41) is 17.9. The van der Waals surface area contributed by atoms with Crippen LogP contribution in [0.25, 0.3) is 0 Å². The first-order valence-corrected chi connectivity index (χ1v) is 7.96. The molecule has 0 bridgehead atoms. The predicted molar refractivity (Wildman–Crippen MR) is 82.0 cm³/mol. The highest BCUT2D eigenvalue weighted by molar-refractivity contribution is 7.09. The third-order valence-corrected chi connectivity index (χ3v) is 4.53. The Morgan fingerprint density at radius 3 is 2.75 bits per heavy atom. The van der Waals surface area contributed by atoms with Gasteiger partial charge < -0.3 is 15.7 Å². The van der Waals surface area contributed by atoms with Crippen molar-refractivity contribution in [3.05, 3.63) is 16.1 Å². The summed E-state index contributed by atoms with van der Waals surface area (Å²) in [7, 11) is 0. The van der Waals surface area contributed by atoms with Crippen molar-refractivity contribution in [2.24, 2.45) is 0 Å². The second-order valence-electron chi connectivity index (χ2n) is 5.23. The lowest BCUT2D eigenvalue weighted by Gasteiger charge is -2.29. The van der Waals surface area contributed by atoms with E-state index in [0.29, 0.717) is 6.42 Å². The lowest BCUT2D eigenvalue weighted by atomic mass is 9.95. The molecule has 0 saturated heterocycles. The average Bonchev–Trinajstić information content (AvgIpc) is 2.87. The van der Waals surface area contributed by atoms with Gasteiger partial charge in [-0.05, 0) is 33.1 Å². The third-order valence-electron chi connectivity index (χ3n) is 3.52. The maximum absolute atomic E-state index is 12.0. The lowest BCUT2D eigenvalue weighted by molar-refractivity contribution is 0.199. The zero-order valence-electron chi connectivity index (χ0n) is 12.7. The molecule has 1 rings (SSSR count). The largest absolute Gasteiger partial charge is 0.396 e. The Labute approximate surface area is 124 Å². The highest BCUT2D eigenvalue weighted by atomic mass is 32.1. The van der Waals surface area contributed by atoms with Crippen molar-refractivity contribution in [2.75, 3.05) is 6.61 Å². The zero-order valence-corrected chi connectivity index (χ0v) is 13.5. The number of rotatable bonds is 7. The number of urea groups is 1. The minimum Gasteiger partial charge on any atom is -0.396 e. The van der Waals surface area contributed by atoms with Gasteiger partial charge in [0.25, 0.3) is 0 Å². The molecule has 0 aliphatic carbocycles. The molecule has 1 heterocycles. The minimum atomic E-state index is -0.380. The van der Waals surface area contributed by atoms with Crippen molar-refractivity contribution in [3.63, 3.8) is 0 Å². The van der Waals surface area contributed by atoms with E-state index in [1.54, 1.807) is 11.3 Å². The first kappa shape index (κ1) is 16.9. The van der Waals surface area contributed by atoms with Gasteiger partial charge >= 0.3 is 6.03 Å². The Balaban J connectivity index is 2.56. The van der Waals surface area contributed by atoms with E-state index in [2.05, 4.69) is 22.5 Å². The normalized spacial score (nSPS) is 15.4. The molecule has 0 fully saturated rings. The standard InChI is InChI=1S/C14H25N3O2S/c1-5-12-16-11(9-20-12)10(3)15-13(19)17-14(4,6-2)7-8-18/h9-10,18H,5-8H2,1-4H3,(H2,15,17,19). The average molecular weight is 299 g/mol. The molecule has 6 heteroatoms. The summed E-state index contributed by atoms with van der Waals surface area (Å²) in [6.07, 6.45) is 2.22. The van der Waals surface area contributed by atoms with Crippen molar-refractivity contribution in [1.29, 1.82) is 0 Å². The first-order valence-electron chi connectivity index (χ1n) is 7.08. The number of aryl methyl sites for hydroxylation is 1. The van der Waals surface area contributed by atoms with Crippen molar-refractivity contribution in [1.82, 2.24) is 15.6 Å². The minimum absolute atomic E-state index is 0.0616. The fourth-order valence-electron chi connectivity index (χ4n) is 1.84. The molecule has 0 spiro atoms. The van der Waals surface area contributed by atoms with Gasteiger partial charge in [0.2, 0.25) is 0 Å². The predicted octanol–water partition coefficient (Wildman–Crippen LogP) is 2.62. The molecule has 3 N–H and O–H groups in total. The third kappa shape index (κ3) is 4.76. The molecule has 0 saturated carbocycles. The topological polar surface area (TPSA) is 74.2 Å². The summed E-state index contributed by atoms with van der Waals surface area (Å²) >= 11 is 1.61. The lowest BCUT2D eigenvalue weighted by Crippen LogP contribution is -2.50. The van der Waals surface area contributed by atoms with Crippen LogP contribution in [0.5, 0.6) is 0 Å². The van der Waals surface area contributed by atoms with Crippen LogP contribution >= 0.6 is 11.3 Å². The number of carbonyl (C=O) groups excluding carboxylic acids is 1. The molecule has 5 nitrogen and oxygen atoms in total. The Morgan fingerprint density at radius 1 is 1.55 bits per heavy atom. The van der Waals surface area contributed by atoms with Gasteiger partial charge in [0.05, 0.1) is 16.7 Å². The quantitative estimate of drug-likeness (QED) is 0.724. The molecule has 20 heavy (non-hydrogen) atoms. The van der Waals surface area contributed by atoms with Gasteiger partial charge in [-0.25, -0.2) is 9.78 Å². The van der Waals surface area contributed by atoms with Gasteiger partial charge in [0, 0.05) is 17.5 Å². The van der Waals surface area contributed by atoms with Crippen molar-refractivity contribution in [3.8, 4) is 0 Å². The second kappa shape index (κ2) is 7.59. The zero-order chi connectivity index (χ0) is 15.2. The molecule has 0 aliphatic heterocycles. The van der Waals surface area contributed by atoms with Crippen LogP contribution in [-0.4, -0.2) is 28.3 Å². The number of aromatic nitrogens is 1.